The second kappa shape index (κ2) is 9.98. The van der Waals surface area contributed by atoms with E-state index < -0.39 is 24.5 Å². The quantitative estimate of drug-likeness (QED) is 0.324. The zero-order valence-corrected chi connectivity index (χ0v) is 21.6. The van der Waals surface area contributed by atoms with Crippen LogP contribution in [-0.4, -0.2) is 71.8 Å². The van der Waals surface area contributed by atoms with Crippen molar-refractivity contribution in [2.45, 2.75) is 96.2 Å². The first-order valence-corrected chi connectivity index (χ1v) is 15.9. The molecule has 0 aromatic rings. The highest BCUT2D eigenvalue weighted by Gasteiger charge is 2.46. The summed E-state index contributed by atoms with van der Waals surface area (Å²) in [7, 11) is -5.69. The van der Waals surface area contributed by atoms with E-state index in [0.29, 0.717) is 6.61 Å². The van der Waals surface area contributed by atoms with Crippen molar-refractivity contribution >= 4 is 24.4 Å². The van der Waals surface area contributed by atoms with Crippen molar-refractivity contribution < 1.29 is 26.6 Å². The smallest absolute Gasteiger partial charge is 0.309 e. The lowest BCUT2D eigenvalue weighted by Gasteiger charge is -2.48. The van der Waals surface area contributed by atoms with Crippen molar-refractivity contribution in [1.82, 2.24) is 4.90 Å². The number of nitrogens with zero attached hydrogens (tertiary/aromatic N) is 1. The third-order valence-electron chi connectivity index (χ3n) is 6.89. The molecule has 0 N–H and O–H groups in total. The van der Waals surface area contributed by atoms with Gasteiger partial charge in [0.2, 0.25) is 0 Å². The molecule has 7 nitrogen and oxygen atoms in total. The monoisotopic (exact) mass is 463 g/mol. The molecule has 1 aliphatic carbocycles. The molecule has 0 spiro atoms. The number of rotatable bonds is 7. The van der Waals surface area contributed by atoms with Crippen molar-refractivity contribution in [3.63, 3.8) is 0 Å². The summed E-state index contributed by atoms with van der Waals surface area (Å²) >= 11 is 0. The molecule has 1 heterocycles. The Bertz CT molecular complexity index is 682. The Morgan fingerprint density at radius 2 is 1.70 bits per heavy atom. The largest absolute Gasteiger partial charge is 0.466 e. The molecule has 3 atom stereocenters. The van der Waals surface area contributed by atoms with Crippen LogP contribution in [-0.2, 0) is 28.3 Å². The summed E-state index contributed by atoms with van der Waals surface area (Å²) < 4.78 is 41.7. The van der Waals surface area contributed by atoms with Crippen LogP contribution in [0.2, 0.25) is 18.1 Å². The Morgan fingerprint density at radius 1 is 1.10 bits per heavy atom. The van der Waals surface area contributed by atoms with Gasteiger partial charge in [0.15, 0.2) is 8.32 Å². The lowest BCUT2D eigenvalue weighted by atomic mass is 9.86. The molecule has 1 saturated carbocycles. The zero-order valence-electron chi connectivity index (χ0n) is 19.8. The van der Waals surface area contributed by atoms with Gasteiger partial charge in [-0.15, -0.1) is 0 Å². The van der Waals surface area contributed by atoms with Crippen molar-refractivity contribution in [2.24, 2.45) is 5.92 Å². The average Bonchev–Trinajstić information content (AvgIpc) is 2.61. The SMILES string of the molecule is CCOC(=O)C1CCN(C2CCCC(O[Si](C)(C)C(C)(C)C)C2OS(C)(=O)=O)CC1. The first-order chi connectivity index (χ1) is 13.7. The van der Waals surface area contributed by atoms with Crippen molar-refractivity contribution in [1.29, 1.82) is 0 Å². The minimum absolute atomic E-state index is 0.0219. The average molecular weight is 464 g/mol. The second-order valence-electron chi connectivity index (χ2n) is 10.2. The topological polar surface area (TPSA) is 82.1 Å². The minimum Gasteiger partial charge on any atom is -0.466 e. The Morgan fingerprint density at radius 3 is 2.20 bits per heavy atom. The predicted octanol–water partition coefficient (Wildman–Crippen LogP) is 3.55. The maximum Gasteiger partial charge on any atom is 0.309 e. The van der Waals surface area contributed by atoms with E-state index in [1.54, 1.807) is 0 Å². The van der Waals surface area contributed by atoms with Gasteiger partial charge in [-0.25, -0.2) is 0 Å². The number of esters is 1. The van der Waals surface area contributed by atoms with Crippen LogP contribution in [0.4, 0.5) is 0 Å². The highest BCUT2D eigenvalue weighted by atomic mass is 32.2. The molecule has 2 fully saturated rings. The standard InChI is InChI=1S/C21H41NO6SSi/c1-8-26-20(23)16-12-14-22(15-13-16)17-10-9-11-18(19(17)27-29(5,24)25)28-30(6,7)21(2,3)4/h16-19H,8-15H2,1-7H3. The zero-order chi connectivity index (χ0) is 22.7. The molecule has 3 unspecified atom stereocenters. The van der Waals surface area contributed by atoms with Crippen LogP contribution in [0, 0.1) is 5.92 Å². The van der Waals surface area contributed by atoms with Gasteiger partial charge >= 0.3 is 5.97 Å². The number of likely N-dealkylation sites (tertiary alicyclic amines) is 1. The van der Waals surface area contributed by atoms with E-state index >= 15 is 0 Å². The first kappa shape index (κ1) is 25.8. The van der Waals surface area contributed by atoms with Crippen LogP contribution in [0.1, 0.15) is 59.8 Å². The van der Waals surface area contributed by atoms with Crippen LogP contribution in [0.5, 0.6) is 0 Å². The predicted molar refractivity (Wildman–Crippen MR) is 120 cm³/mol. The summed E-state index contributed by atoms with van der Waals surface area (Å²) in [5.41, 5.74) is 0. The van der Waals surface area contributed by atoms with E-state index in [1.165, 1.54) is 0 Å². The molecule has 0 aromatic carbocycles. The first-order valence-electron chi connectivity index (χ1n) is 11.2. The van der Waals surface area contributed by atoms with E-state index in [1.807, 2.05) is 6.92 Å². The molecule has 0 radical (unpaired) electrons. The van der Waals surface area contributed by atoms with Crippen LogP contribution in [0.25, 0.3) is 0 Å². The Balaban J connectivity index is 2.16. The molecule has 0 amide bonds. The number of carbonyl (C=O) groups excluding carboxylic acids is 1. The molecule has 9 heteroatoms. The second-order valence-corrected chi connectivity index (χ2v) is 16.6. The van der Waals surface area contributed by atoms with Crippen LogP contribution < -0.4 is 0 Å². The van der Waals surface area contributed by atoms with Crippen LogP contribution in [0.3, 0.4) is 0 Å². The van der Waals surface area contributed by atoms with Gasteiger partial charge in [0.1, 0.15) is 6.10 Å². The lowest BCUT2D eigenvalue weighted by Crippen LogP contribution is -2.58. The summed E-state index contributed by atoms with van der Waals surface area (Å²) in [6.07, 6.45) is 4.50. The summed E-state index contributed by atoms with van der Waals surface area (Å²) in [5.74, 6) is -0.192. The lowest BCUT2D eigenvalue weighted by molar-refractivity contribution is -0.150. The highest BCUT2D eigenvalue weighted by Crippen LogP contribution is 2.40. The van der Waals surface area contributed by atoms with Crippen molar-refractivity contribution in [3.05, 3.63) is 0 Å². The fourth-order valence-electron chi connectivity index (χ4n) is 4.23. The fourth-order valence-corrected chi connectivity index (χ4v) is 6.25. The summed E-state index contributed by atoms with van der Waals surface area (Å²) in [6, 6.07) is -0.0219. The molecular formula is C21H41NO6SSi. The fraction of sp³-hybridized carbons (Fsp3) is 0.952. The molecule has 2 rings (SSSR count). The van der Waals surface area contributed by atoms with Crippen LogP contribution >= 0.6 is 0 Å². The summed E-state index contributed by atoms with van der Waals surface area (Å²) in [5, 5.41) is 0.0353. The summed E-state index contributed by atoms with van der Waals surface area (Å²) in [4.78, 5) is 14.4. The third-order valence-corrected chi connectivity index (χ3v) is 12.0. The van der Waals surface area contributed by atoms with Gasteiger partial charge < -0.3 is 9.16 Å². The maximum absolute atomic E-state index is 12.1. The summed E-state index contributed by atoms with van der Waals surface area (Å²) in [6.45, 7) is 14.7. The molecule has 1 aliphatic heterocycles. The van der Waals surface area contributed by atoms with Gasteiger partial charge in [0, 0.05) is 6.04 Å². The normalized spacial score (nSPS) is 27.8. The van der Waals surface area contributed by atoms with Gasteiger partial charge in [-0.3, -0.25) is 13.9 Å². The highest BCUT2D eigenvalue weighted by molar-refractivity contribution is 7.86. The van der Waals surface area contributed by atoms with E-state index in [0.717, 1.165) is 51.4 Å². The van der Waals surface area contributed by atoms with Gasteiger partial charge in [-0.2, -0.15) is 8.42 Å². The van der Waals surface area contributed by atoms with E-state index in [4.69, 9.17) is 13.3 Å². The molecule has 2 aliphatic rings. The molecule has 0 bridgehead atoms. The maximum atomic E-state index is 12.1. The molecule has 1 saturated heterocycles. The van der Waals surface area contributed by atoms with Gasteiger partial charge in [-0.1, -0.05) is 20.8 Å². The number of piperidine rings is 1. The van der Waals surface area contributed by atoms with Crippen molar-refractivity contribution in [2.75, 3.05) is 26.0 Å². The molecular weight excluding hydrogens is 422 g/mol. The molecule has 0 aromatic heterocycles. The number of ether oxygens (including phenoxy) is 1. The number of carbonyl (C=O) groups is 1. The van der Waals surface area contributed by atoms with E-state index in [2.05, 4.69) is 38.8 Å². The van der Waals surface area contributed by atoms with Gasteiger partial charge in [0.05, 0.1) is 24.9 Å². The number of hydrogen-bond donors (Lipinski definition) is 0. The Labute approximate surface area is 184 Å². The number of hydrogen-bond acceptors (Lipinski definition) is 7. The Hall–Kier alpha value is -0.483. The minimum atomic E-state index is -3.62. The molecule has 176 valence electrons. The van der Waals surface area contributed by atoms with Gasteiger partial charge in [-0.05, 0) is 70.2 Å². The third kappa shape index (κ3) is 6.76. The van der Waals surface area contributed by atoms with Crippen LogP contribution in [0.15, 0.2) is 0 Å². The van der Waals surface area contributed by atoms with Crippen molar-refractivity contribution in [3.8, 4) is 0 Å². The van der Waals surface area contributed by atoms with E-state index in [9.17, 15) is 13.2 Å². The van der Waals surface area contributed by atoms with Gasteiger partial charge in [0.25, 0.3) is 10.1 Å². The van der Waals surface area contributed by atoms with E-state index in [-0.39, 0.29) is 29.1 Å². The molecule has 30 heavy (non-hydrogen) atoms. The Kier molecular flexibility index (Phi) is 8.57.